The molecule has 0 spiro atoms. The van der Waals surface area contributed by atoms with E-state index in [0.717, 1.165) is 17.0 Å². The van der Waals surface area contributed by atoms with Gasteiger partial charge in [0.25, 0.3) is 0 Å². The third-order valence-corrected chi connectivity index (χ3v) is 4.63. The van der Waals surface area contributed by atoms with Crippen molar-refractivity contribution in [3.63, 3.8) is 0 Å². The summed E-state index contributed by atoms with van der Waals surface area (Å²) in [4.78, 5) is 5.45. The number of benzene rings is 1. The zero-order valence-corrected chi connectivity index (χ0v) is 15.6. The first kappa shape index (κ1) is 18.3. The molecule has 1 aliphatic rings. The van der Waals surface area contributed by atoms with Crippen molar-refractivity contribution in [3.8, 4) is 5.75 Å². The summed E-state index contributed by atoms with van der Waals surface area (Å²) >= 11 is 0. The standard InChI is InChI=1S/C21H29NO2/c1-16-7-6-14-21(3,4)20(16)13-8-17(2)22-24-15-18-9-11-19(23-5)12-10-18/h8-13H,6-7,14-15H2,1-5H3/b13-8+,22-17+. The average molecular weight is 327 g/mol. The summed E-state index contributed by atoms with van der Waals surface area (Å²) in [5.41, 5.74) is 5.14. The summed E-state index contributed by atoms with van der Waals surface area (Å²) in [6.45, 7) is 9.32. The van der Waals surface area contributed by atoms with Gasteiger partial charge in [0.05, 0.1) is 12.8 Å². The summed E-state index contributed by atoms with van der Waals surface area (Å²) in [6, 6.07) is 7.82. The number of oxime groups is 1. The molecule has 0 N–H and O–H groups in total. The number of hydrogen-bond acceptors (Lipinski definition) is 3. The van der Waals surface area contributed by atoms with Gasteiger partial charge in [-0.15, -0.1) is 0 Å². The minimum atomic E-state index is 0.253. The lowest BCUT2D eigenvalue weighted by atomic mass is 9.72. The largest absolute Gasteiger partial charge is 0.497 e. The fourth-order valence-electron chi connectivity index (χ4n) is 3.18. The van der Waals surface area contributed by atoms with Crippen LogP contribution >= 0.6 is 0 Å². The minimum absolute atomic E-state index is 0.253. The molecule has 3 heteroatoms. The van der Waals surface area contributed by atoms with Crippen LogP contribution in [0, 0.1) is 5.41 Å². The summed E-state index contributed by atoms with van der Waals surface area (Å²) in [6.07, 6.45) is 8.00. The highest BCUT2D eigenvalue weighted by atomic mass is 16.6. The smallest absolute Gasteiger partial charge is 0.142 e. The Kier molecular flexibility index (Phi) is 6.24. The normalized spacial score (nSPS) is 18.1. The van der Waals surface area contributed by atoms with Gasteiger partial charge in [-0.3, -0.25) is 0 Å². The van der Waals surface area contributed by atoms with E-state index < -0.39 is 0 Å². The lowest BCUT2D eigenvalue weighted by Gasteiger charge is -2.32. The lowest BCUT2D eigenvalue weighted by molar-refractivity contribution is 0.130. The molecule has 3 nitrogen and oxygen atoms in total. The van der Waals surface area contributed by atoms with Gasteiger partial charge in [-0.2, -0.15) is 0 Å². The fourth-order valence-corrected chi connectivity index (χ4v) is 3.18. The molecular weight excluding hydrogens is 298 g/mol. The van der Waals surface area contributed by atoms with Crippen LogP contribution in [0.3, 0.4) is 0 Å². The van der Waals surface area contributed by atoms with E-state index in [1.165, 1.54) is 30.4 Å². The number of methoxy groups -OCH3 is 1. The van der Waals surface area contributed by atoms with Crippen molar-refractivity contribution in [2.24, 2.45) is 10.6 Å². The molecule has 1 aromatic carbocycles. The molecule has 1 aliphatic carbocycles. The van der Waals surface area contributed by atoms with Crippen LogP contribution in [0.1, 0.15) is 52.5 Å². The van der Waals surface area contributed by atoms with E-state index >= 15 is 0 Å². The van der Waals surface area contributed by atoms with E-state index in [0.29, 0.717) is 6.61 Å². The van der Waals surface area contributed by atoms with Crippen LogP contribution in [0.15, 0.2) is 52.7 Å². The molecule has 0 atom stereocenters. The summed E-state index contributed by atoms with van der Waals surface area (Å²) in [5.74, 6) is 0.847. The Labute approximate surface area is 146 Å². The van der Waals surface area contributed by atoms with Crippen LogP contribution < -0.4 is 4.74 Å². The van der Waals surface area contributed by atoms with Crippen molar-refractivity contribution in [1.29, 1.82) is 0 Å². The van der Waals surface area contributed by atoms with E-state index in [4.69, 9.17) is 9.57 Å². The molecule has 1 aromatic rings. The molecule has 130 valence electrons. The van der Waals surface area contributed by atoms with E-state index in [2.05, 4.69) is 38.1 Å². The first-order valence-corrected chi connectivity index (χ1v) is 8.60. The molecule has 0 unspecified atom stereocenters. The second kappa shape index (κ2) is 8.18. The van der Waals surface area contributed by atoms with Gasteiger partial charge in [0.1, 0.15) is 12.4 Å². The second-order valence-corrected chi connectivity index (χ2v) is 7.12. The first-order valence-electron chi connectivity index (χ1n) is 8.60. The van der Waals surface area contributed by atoms with Gasteiger partial charge in [-0.25, -0.2) is 0 Å². The van der Waals surface area contributed by atoms with Crippen LogP contribution in [-0.2, 0) is 11.4 Å². The van der Waals surface area contributed by atoms with E-state index in [1.54, 1.807) is 7.11 Å². The van der Waals surface area contributed by atoms with Crippen molar-refractivity contribution >= 4 is 5.71 Å². The Balaban J connectivity index is 1.93. The van der Waals surface area contributed by atoms with Crippen LogP contribution in [0.4, 0.5) is 0 Å². The predicted molar refractivity (Wildman–Crippen MR) is 100 cm³/mol. The minimum Gasteiger partial charge on any atom is -0.497 e. The van der Waals surface area contributed by atoms with E-state index in [1.807, 2.05) is 31.2 Å². The third-order valence-electron chi connectivity index (χ3n) is 4.63. The summed E-state index contributed by atoms with van der Waals surface area (Å²) < 4.78 is 5.15. The zero-order valence-electron chi connectivity index (χ0n) is 15.6. The van der Waals surface area contributed by atoms with Gasteiger partial charge >= 0.3 is 0 Å². The van der Waals surface area contributed by atoms with Crippen LogP contribution in [0.25, 0.3) is 0 Å². The van der Waals surface area contributed by atoms with Gasteiger partial charge in [0.15, 0.2) is 0 Å². The maximum absolute atomic E-state index is 5.45. The molecule has 0 aromatic heterocycles. The van der Waals surface area contributed by atoms with Gasteiger partial charge in [-0.05, 0) is 67.9 Å². The lowest BCUT2D eigenvalue weighted by Crippen LogP contribution is -2.19. The molecule has 0 heterocycles. The number of nitrogens with zero attached hydrogens (tertiary/aromatic N) is 1. The molecule has 0 bridgehead atoms. The Morgan fingerprint density at radius 2 is 1.96 bits per heavy atom. The van der Waals surface area contributed by atoms with Crippen LogP contribution in [0.5, 0.6) is 5.75 Å². The first-order chi connectivity index (χ1) is 11.4. The maximum Gasteiger partial charge on any atom is 0.142 e. The quantitative estimate of drug-likeness (QED) is 0.498. The highest BCUT2D eigenvalue weighted by Gasteiger charge is 2.26. The van der Waals surface area contributed by atoms with Gasteiger partial charge < -0.3 is 9.57 Å². The van der Waals surface area contributed by atoms with Crippen molar-refractivity contribution in [1.82, 2.24) is 0 Å². The molecule has 0 saturated heterocycles. The Hall–Kier alpha value is -2.03. The van der Waals surface area contributed by atoms with Crippen LogP contribution in [0.2, 0.25) is 0 Å². The van der Waals surface area contributed by atoms with Crippen molar-refractivity contribution < 1.29 is 9.57 Å². The number of ether oxygens (including phenoxy) is 1. The van der Waals surface area contributed by atoms with Gasteiger partial charge in [0.2, 0.25) is 0 Å². The topological polar surface area (TPSA) is 30.8 Å². The van der Waals surface area contributed by atoms with Crippen molar-refractivity contribution in [2.45, 2.75) is 53.6 Å². The number of allylic oxidation sites excluding steroid dienone is 4. The molecule has 0 radical (unpaired) electrons. The second-order valence-electron chi connectivity index (χ2n) is 7.12. The zero-order chi connectivity index (χ0) is 17.6. The predicted octanol–water partition coefficient (Wildman–Crippen LogP) is 5.67. The Morgan fingerprint density at radius 3 is 2.58 bits per heavy atom. The molecular formula is C21H29NO2. The van der Waals surface area contributed by atoms with Crippen molar-refractivity contribution in [2.75, 3.05) is 7.11 Å². The fraction of sp³-hybridized carbons (Fsp3) is 0.476. The van der Waals surface area contributed by atoms with Gasteiger partial charge in [-0.1, -0.05) is 42.8 Å². The molecule has 0 fully saturated rings. The molecule has 0 saturated carbocycles. The highest BCUT2D eigenvalue weighted by molar-refractivity contribution is 5.92. The molecule has 2 rings (SSSR count). The van der Waals surface area contributed by atoms with E-state index in [-0.39, 0.29) is 5.41 Å². The molecule has 0 aliphatic heterocycles. The molecule has 24 heavy (non-hydrogen) atoms. The van der Waals surface area contributed by atoms with Crippen molar-refractivity contribution in [3.05, 3.63) is 53.1 Å². The third kappa shape index (κ3) is 4.98. The monoisotopic (exact) mass is 327 g/mol. The summed E-state index contributed by atoms with van der Waals surface area (Å²) in [5, 5.41) is 4.20. The SMILES string of the molecule is COc1ccc(CO/N=C(C)/C=C/C2=C(C)CCCC2(C)C)cc1. The molecule has 0 amide bonds. The van der Waals surface area contributed by atoms with Crippen LogP contribution in [-0.4, -0.2) is 12.8 Å². The number of hydrogen-bond donors (Lipinski definition) is 0. The Morgan fingerprint density at radius 1 is 1.25 bits per heavy atom. The van der Waals surface area contributed by atoms with E-state index in [9.17, 15) is 0 Å². The maximum atomic E-state index is 5.45. The number of rotatable bonds is 6. The Bertz CT molecular complexity index is 636. The summed E-state index contributed by atoms with van der Waals surface area (Å²) in [7, 11) is 1.66. The highest BCUT2D eigenvalue weighted by Crippen LogP contribution is 2.40. The average Bonchev–Trinajstić information content (AvgIpc) is 2.54. The van der Waals surface area contributed by atoms with Gasteiger partial charge in [0, 0.05) is 0 Å².